The van der Waals surface area contributed by atoms with Gasteiger partial charge in [-0.15, -0.1) is 0 Å². The molecular formula is C19H19Cl2N3O2. The smallest absolute Gasteiger partial charge is 0.257 e. The molecule has 3 rings (SSSR count). The van der Waals surface area contributed by atoms with Gasteiger partial charge in [0.1, 0.15) is 0 Å². The Morgan fingerprint density at radius 1 is 1.19 bits per heavy atom. The number of carbonyl (C=O) groups excluding carboxylic acids is 2. The fourth-order valence-corrected chi connectivity index (χ4v) is 3.56. The molecule has 1 aliphatic rings. The predicted octanol–water partition coefficient (Wildman–Crippen LogP) is 3.70. The molecule has 136 valence electrons. The van der Waals surface area contributed by atoms with E-state index in [4.69, 9.17) is 28.9 Å². The number of rotatable bonds is 5. The van der Waals surface area contributed by atoms with Crippen molar-refractivity contribution < 1.29 is 9.59 Å². The molecule has 1 fully saturated rings. The molecule has 1 unspecified atom stereocenters. The highest BCUT2D eigenvalue weighted by atomic mass is 35.5. The SMILES string of the molecule is NC(=O)C1CCCN1Cc1cccc(NC(=O)c2cc(Cl)ccc2Cl)c1. The lowest BCUT2D eigenvalue weighted by atomic mass is 10.1. The summed E-state index contributed by atoms with van der Waals surface area (Å²) in [6, 6.07) is 12.0. The number of amides is 2. The van der Waals surface area contributed by atoms with E-state index >= 15 is 0 Å². The summed E-state index contributed by atoms with van der Waals surface area (Å²) in [5.74, 6) is -0.617. The standard InChI is InChI=1S/C19H19Cl2N3O2/c20-13-6-7-16(21)15(10-13)19(26)23-14-4-1-3-12(9-14)11-24-8-2-5-17(24)18(22)25/h1,3-4,6-7,9-10,17H,2,5,8,11H2,(H2,22,25)(H,23,26). The van der Waals surface area contributed by atoms with E-state index in [1.54, 1.807) is 18.2 Å². The van der Waals surface area contributed by atoms with Crippen molar-refractivity contribution in [1.82, 2.24) is 4.90 Å². The second-order valence-electron chi connectivity index (χ2n) is 6.31. The van der Waals surface area contributed by atoms with Crippen LogP contribution in [0.15, 0.2) is 42.5 Å². The van der Waals surface area contributed by atoms with Crippen molar-refractivity contribution in [2.24, 2.45) is 5.73 Å². The lowest BCUT2D eigenvalue weighted by molar-refractivity contribution is -0.122. The first kappa shape index (κ1) is 18.7. The van der Waals surface area contributed by atoms with Gasteiger partial charge in [-0.25, -0.2) is 0 Å². The quantitative estimate of drug-likeness (QED) is 0.815. The molecule has 2 aromatic carbocycles. The molecule has 2 amide bonds. The summed E-state index contributed by atoms with van der Waals surface area (Å²) in [7, 11) is 0. The van der Waals surface area contributed by atoms with Crippen molar-refractivity contribution in [3.8, 4) is 0 Å². The van der Waals surface area contributed by atoms with Crippen LogP contribution in [0.3, 0.4) is 0 Å². The number of halogens is 2. The number of hydrogen-bond acceptors (Lipinski definition) is 3. The van der Waals surface area contributed by atoms with Crippen molar-refractivity contribution >= 4 is 40.7 Å². The highest BCUT2D eigenvalue weighted by Crippen LogP contribution is 2.24. The molecule has 0 saturated carbocycles. The number of nitrogens with one attached hydrogen (secondary N) is 1. The summed E-state index contributed by atoms with van der Waals surface area (Å²) in [5.41, 5.74) is 7.43. The van der Waals surface area contributed by atoms with E-state index in [1.165, 1.54) is 6.07 Å². The third kappa shape index (κ3) is 4.36. The average molecular weight is 392 g/mol. The molecule has 0 aliphatic carbocycles. The second kappa shape index (κ2) is 8.08. The number of hydrogen-bond donors (Lipinski definition) is 2. The third-order valence-electron chi connectivity index (χ3n) is 4.44. The van der Waals surface area contributed by atoms with Gasteiger partial charge in [0.15, 0.2) is 0 Å². The van der Waals surface area contributed by atoms with Crippen LogP contribution in [0.4, 0.5) is 5.69 Å². The molecule has 1 heterocycles. The average Bonchev–Trinajstić information content (AvgIpc) is 3.05. The molecule has 0 radical (unpaired) electrons. The molecule has 1 aliphatic heterocycles. The number of nitrogens with two attached hydrogens (primary N) is 1. The Morgan fingerprint density at radius 3 is 2.77 bits per heavy atom. The molecule has 0 bridgehead atoms. The lowest BCUT2D eigenvalue weighted by Crippen LogP contribution is -2.39. The molecule has 1 saturated heterocycles. The van der Waals surface area contributed by atoms with Gasteiger partial charge >= 0.3 is 0 Å². The van der Waals surface area contributed by atoms with Gasteiger partial charge in [-0.2, -0.15) is 0 Å². The molecule has 7 heteroatoms. The lowest BCUT2D eigenvalue weighted by Gasteiger charge is -2.22. The van der Waals surface area contributed by atoms with Gasteiger partial charge in [-0.3, -0.25) is 14.5 Å². The van der Waals surface area contributed by atoms with Crippen LogP contribution in [0.1, 0.15) is 28.8 Å². The first-order valence-electron chi connectivity index (χ1n) is 8.33. The Hall–Kier alpha value is -2.08. The Bertz CT molecular complexity index is 841. The topological polar surface area (TPSA) is 75.4 Å². The maximum atomic E-state index is 12.5. The molecule has 3 N–H and O–H groups in total. The summed E-state index contributed by atoms with van der Waals surface area (Å²) in [6.45, 7) is 1.44. The van der Waals surface area contributed by atoms with Crippen LogP contribution >= 0.6 is 23.2 Å². The Balaban J connectivity index is 1.72. The number of nitrogens with zero attached hydrogens (tertiary/aromatic N) is 1. The van der Waals surface area contributed by atoms with Crippen LogP contribution < -0.4 is 11.1 Å². The van der Waals surface area contributed by atoms with Gasteiger partial charge in [0, 0.05) is 17.3 Å². The number of primary amides is 1. The summed E-state index contributed by atoms with van der Waals surface area (Å²) in [4.78, 5) is 26.1. The van der Waals surface area contributed by atoms with Crippen molar-refractivity contribution in [3.63, 3.8) is 0 Å². The number of benzene rings is 2. The first-order chi connectivity index (χ1) is 12.4. The van der Waals surface area contributed by atoms with Gasteiger partial charge in [-0.05, 0) is 55.3 Å². The third-order valence-corrected chi connectivity index (χ3v) is 5.00. The summed E-state index contributed by atoms with van der Waals surface area (Å²) in [5, 5.41) is 3.62. The zero-order valence-electron chi connectivity index (χ0n) is 14.0. The van der Waals surface area contributed by atoms with Gasteiger partial charge in [-0.1, -0.05) is 35.3 Å². The minimum Gasteiger partial charge on any atom is -0.368 e. The van der Waals surface area contributed by atoms with E-state index in [-0.39, 0.29) is 17.9 Å². The molecular weight excluding hydrogens is 373 g/mol. The predicted molar refractivity (Wildman–Crippen MR) is 103 cm³/mol. The fraction of sp³-hybridized carbons (Fsp3) is 0.263. The van der Waals surface area contributed by atoms with Crippen LogP contribution in [-0.2, 0) is 11.3 Å². The molecule has 1 atom stereocenters. The van der Waals surface area contributed by atoms with Gasteiger partial charge in [0.2, 0.25) is 5.91 Å². The summed E-state index contributed by atoms with van der Waals surface area (Å²) in [6.07, 6.45) is 1.75. The van der Waals surface area contributed by atoms with Crippen LogP contribution in [0.5, 0.6) is 0 Å². The normalized spacial score (nSPS) is 17.2. The maximum absolute atomic E-state index is 12.5. The highest BCUT2D eigenvalue weighted by Gasteiger charge is 2.28. The maximum Gasteiger partial charge on any atom is 0.257 e. The van der Waals surface area contributed by atoms with E-state index in [2.05, 4.69) is 10.2 Å². The van der Waals surface area contributed by atoms with Gasteiger partial charge < -0.3 is 11.1 Å². The van der Waals surface area contributed by atoms with Crippen molar-refractivity contribution in [1.29, 1.82) is 0 Å². The van der Waals surface area contributed by atoms with E-state index < -0.39 is 0 Å². The molecule has 2 aromatic rings. The fourth-order valence-electron chi connectivity index (χ4n) is 3.19. The molecule has 5 nitrogen and oxygen atoms in total. The Morgan fingerprint density at radius 2 is 2.00 bits per heavy atom. The second-order valence-corrected chi connectivity index (χ2v) is 7.15. The van der Waals surface area contributed by atoms with E-state index in [9.17, 15) is 9.59 Å². The van der Waals surface area contributed by atoms with Gasteiger partial charge in [0.05, 0.1) is 16.6 Å². The van der Waals surface area contributed by atoms with Crippen LogP contribution in [-0.4, -0.2) is 29.3 Å². The number of likely N-dealkylation sites (tertiary alicyclic amines) is 1. The molecule has 0 spiro atoms. The minimum atomic E-state index is -0.328. The number of anilines is 1. The Kier molecular flexibility index (Phi) is 5.81. The highest BCUT2D eigenvalue weighted by molar-refractivity contribution is 6.36. The van der Waals surface area contributed by atoms with E-state index in [0.717, 1.165) is 24.9 Å². The first-order valence-corrected chi connectivity index (χ1v) is 9.08. The largest absolute Gasteiger partial charge is 0.368 e. The van der Waals surface area contributed by atoms with Crippen LogP contribution in [0, 0.1) is 0 Å². The zero-order chi connectivity index (χ0) is 18.7. The van der Waals surface area contributed by atoms with Crippen LogP contribution in [0.2, 0.25) is 10.0 Å². The van der Waals surface area contributed by atoms with Crippen LogP contribution in [0.25, 0.3) is 0 Å². The summed E-state index contributed by atoms with van der Waals surface area (Å²) >= 11 is 12.0. The summed E-state index contributed by atoms with van der Waals surface area (Å²) < 4.78 is 0. The monoisotopic (exact) mass is 391 g/mol. The van der Waals surface area contributed by atoms with Crippen molar-refractivity contribution in [3.05, 3.63) is 63.6 Å². The molecule has 0 aromatic heterocycles. The minimum absolute atomic E-state index is 0.224. The van der Waals surface area contributed by atoms with Crippen molar-refractivity contribution in [2.45, 2.75) is 25.4 Å². The van der Waals surface area contributed by atoms with E-state index in [0.29, 0.717) is 27.8 Å². The molecule has 26 heavy (non-hydrogen) atoms. The van der Waals surface area contributed by atoms with E-state index in [1.807, 2.05) is 18.2 Å². The van der Waals surface area contributed by atoms with Crippen molar-refractivity contribution in [2.75, 3.05) is 11.9 Å². The zero-order valence-corrected chi connectivity index (χ0v) is 15.6. The van der Waals surface area contributed by atoms with Gasteiger partial charge in [0.25, 0.3) is 5.91 Å². The number of carbonyl (C=O) groups is 2. The Labute approximate surface area is 162 Å².